The third kappa shape index (κ3) is 2.22. The maximum atomic E-state index is 12.0. The Hall–Kier alpha value is -1.75. The lowest BCUT2D eigenvalue weighted by Gasteiger charge is -2.08. The SMILES string of the molecule is CCOC(=O)C1CCc2sc(-c3cnccc3C)nc21. The molecule has 0 bridgehead atoms. The number of aromatic nitrogens is 2. The van der Waals surface area contributed by atoms with E-state index < -0.39 is 0 Å². The topological polar surface area (TPSA) is 52.1 Å². The fourth-order valence-electron chi connectivity index (χ4n) is 2.50. The minimum Gasteiger partial charge on any atom is -0.465 e. The summed E-state index contributed by atoms with van der Waals surface area (Å²) in [5.41, 5.74) is 3.11. The monoisotopic (exact) mass is 288 g/mol. The van der Waals surface area contributed by atoms with Crippen LogP contribution in [0.2, 0.25) is 0 Å². The zero-order chi connectivity index (χ0) is 14.1. The van der Waals surface area contributed by atoms with Gasteiger partial charge in [-0.15, -0.1) is 11.3 Å². The molecule has 0 amide bonds. The number of fused-ring (bicyclic) bond motifs is 1. The van der Waals surface area contributed by atoms with E-state index in [1.165, 1.54) is 4.88 Å². The highest BCUT2D eigenvalue weighted by atomic mass is 32.1. The van der Waals surface area contributed by atoms with Crippen molar-refractivity contribution in [3.8, 4) is 10.6 Å². The summed E-state index contributed by atoms with van der Waals surface area (Å²) in [6.07, 6.45) is 5.35. The van der Waals surface area contributed by atoms with Crippen LogP contribution in [-0.2, 0) is 16.0 Å². The van der Waals surface area contributed by atoms with Gasteiger partial charge in [0.05, 0.1) is 12.3 Å². The van der Waals surface area contributed by atoms with E-state index in [0.717, 1.165) is 34.7 Å². The second-order valence-electron chi connectivity index (χ2n) is 4.86. The third-order valence-electron chi connectivity index (χ3n) is 3.56. The Kier molecular flexibility index (Phi) is 3.53. The third-order valence-corrected chi connectivity index (χ3v) is 4.72. The molecule has 1 aliphatic rings. The van der Waals surface area contributed by atoms with Crippen molar-refractivity contribution in [1.29, 1.82) is 0 Å². The maximum absolute atomic E-state index is 12.0. The molecule has 20 heavy (non-hydrogen) atoms. The van der Waals surface area contributed by atoms with Crippen molar-refractivity contribution in [3.05, 3.63) is 34.6 Å². The van der Waals surface area contributed by atoms with Crippen LogP contribution in [0.15, 0.2) is 18.5 Å². The molecule has 1 unspecified atom stereocenters. The summed E-state index contributed by atoms with van der Waals surface area (Å²) >= 11 is 1.67. The molecule has 1 atom stereocenters. The largest absolute Gasteiger partial charge is 0.465 e. The zero-order valence-electron chi connectivity index (χ0n) is 11.5. The number of ether oxygens (including phenoxy) is 1. The molecule has 0 saturated carbocycles. The van der Waals surface area contributed by atoms with Gasteiger partial charge in [0.1, 0.15) is 10.9 Å². The second-order valence-corrected chi connectivity index (χ2v) is 5.94. The van der Waals surface area contributed by atoms with Crippen LogP contribution in [0.3, 0.4) is 0 Å². The van der Waals surface area contributed by atoms with Gasteiger partial charge in [-0.05, 0) is 38.3 Å². The molecule has 0 saturated heterocycles. The number of hydrogen-bond donors (Lipinski definition) is 0. The molecule has 104 valence electrons. The van der Waals surface area contributed by atoms with Gasteiger partial charge in [-0.25, -0.2) is 4.98 Å². The molecule has 0 radical (unpaired) electrons. The van der Waals surface area contributed by atoms with Crippen molar-refractivity contribution in [2.24, 2.45) is 0 Å². The second kappa shape index (κ2) is 5.32. The average Bonchev–Trinajstić information content (AvgIpc) is 2.99. The van der Waals surface area contributed by atoms with Gasteiger partial charge in [-0.3, -0.25) is 9.78 Å². The van der Waals surface area contributed by atoms with Gasteiger partial charge in [0.25, 0.3) is 0 Å². The van der Waals surface area contributed by atoms with Gasteiger partial charge in [-0.1, -0.05) is 0 Å². The highest BCUT2D eigenvalue weighted by Crippen LogP contribution is 2.40. The Balaban J connectivity index is 1.94. The van der Waals surface area contributed by atoms with Crippen LogP contribution in [0.4, 0.5) is 0 Å². The van der Waals surface area contributed by atoms with Gasteiger partial charge in [-0.2, -0.15) is 0 Å². The number of esters is 1. The van der Waals surface area contributed by atoms with E-state index in [1.807, 2.05) is 26.1 Å². The van der Waals surface area contributed by atoms with Crippen molar-refractivity contribution in [3.63, 3.8) is 0 Å². The van der Waals surface area contributed by atoms with Gasteiger partial charge in [0.15, 0.2) is 0 Å². The molecule has 1 aliphatic carbocycles. The molecule has 0 spiro atoms. The van der Waals surface area contributed by atoms with E-state index in [1.54, 1.807) is 17.5 Å². The molecule has 3 rings (SSSR count). The van der Waals surface area contributed by atoms with Crippen LogP contribution in [0.1, 0.15) is 35.4 Å². The van der Waals surface area contributed by atoms with E-state index in [2.05, 4.69) is 9.97 Å². The Morgan fingerprint density at radius 2 is 2.40 bits per heavy atom. The molecule has 0 N–H and O–H groups in total. The number of aryl methyl sites for hydroxylation is 2. The molecule has 5 heteroatoms. The van der Waals surface area contributed by atoms with Crippen LogP contribution in [0, 0.1) is 6.92 Å². The number of rotatable bonds is 3. The van der Waals surface area contributed by atoms with Crippen LogP contribution >= 0.6 is 11.3 Å². The van der Waals surface area contributed by atoms with Crippen LogP contribution in [-0.4, -0.2) is 22.5 Å². The van der Waals surface area contributed by atoms with E-state index in [0.29, 0.717) is 6.61 Å². The number of carbonyl (C=O) groups excluding carboxylic acids is 1. The first kappa shape index (κ1) is 13.2. The molecular weight excluding hydrogens is 272 g/mol. The first-order valence-electron chi connectivity index (χ1n) is 6.78. The average molecular weight is 288 g/mol. The predicted molar refractivity (Wildman–Crippen MR) is 77.8 cm³/mol. The minimum atomic E-state index is -0.188. The number of carbonyl (C=O) groups is 1. The van der Waals surface area contributed by atoms with Crippen LogP contribution in [0.5, 0.6) is 0 Å². The van der Waals surface area contributed by atoms with E-state index >= 15 is 0 Å². The van der Waals surface area contributed by atoms with Gasteiger partial charge in [0.2, 0.25) is 0 Å². The van der Waals surface area contributed by atoms with E-state index in [-0.39, 0.29) is 11.9 Å². The van der Waals surface area contributed by atoms with E-state index in [4.69, 9.17) is 4.74 Å². The van der Waals surface area contributed by atoms with Crippen molar-refractivity contribution in [2.75, 3.05) is 6.61 Å². The molecule has 0 aromatic carbocycles. The molecular formula is C15H16N2O2S. The fourth-order valence-corrected chi connectivity index (χ4v) is 3.72. The maximum Gasteiger partial charge on any atom is 0.315 e. The summed E-state index contributed by atoms with van der Waals surface area (Å²) in [5, 5.41) is 0.953. The van der Waals surface area contributed by atoms with Crippen molar-refractivity contribution >= 4 is 17.3 Å². The number of hydrogen-bond acceptors (Lipinski definition) is 5. The van der Waals surface area contributed by atoms with Crippen LogP contribution in [0.25, 0.3) is 10.6 Å². The lowest BCUT2D eigenvalue weighted by atomic mass is 10.1. The quantitative estimate of drug-likeness (QED) is 0.814. The smallest absolute Gasteiger partial charge is 0.315 e. The highest BCUT2D eigenvalue weighted by Gasteiger charge is 2.33. The standard InChI is InChI=1S/C15H16N2O2S/c1-3-19-15(18)10-4-5-12-13(10)17-14(20-12)11-8-16-7-6-9(11)2/h6-8,10H,3-5H2,1-2H3. The molecule has 2 heterocycles. The lowest BCUT2D eigenvalue weighted by Crippen LogP contribution is -2.14. The first-order valence-corrected chi connectivity index (χ1v) is 7.59. The lowest BCUT2D eigenvalue weighted by molar-refractivity contribution is -0.145. The predicted octanol–water partition coefficient (Wildman–Crippen LogP) is 3.11. The first-order chi connectivity index (χ1) is 9.70. The van der Waals surface area contributed by atoms with Gasteiger partial charge < -0.3 is 4.74 Å². The summed E-state index contributed by atoms with van der Waals surface area (Å²) in [7, 11) is 0. The van der Waals surface area contributed by atoms with Gasteiger partial charge in [0, 0.05) is 22.8 Å². The highest BCUT2D eigenvalue weighted by molar-refractivity contribution is 7.15. The van der Waals surface area contributed by atoms with Crippen molar-refractivity contribution in [2.45, 2.75) is 32.6 Å². The van der Waals surface area contributed by atoms with Crippen molar-refractivity contribution in [1.82, 2.24) is 9.97 Å². The molecule has 0 aliphatic heterocycles. The summed E-state index contributed by atoms with van der Waals surface area (Å²) in [4.78, 5) is 22.0. The summed E-state index contributed by atoms with van der Waals surface area (Å²) in [6.45, 7) is 4.30. The Morgan fingerprint density at radius 1 is 1.55 bits per heavy atom. The number of pyridine rings is 1. The van der Waals surface area contributed by atoms with Gasteiger partial charge >= 0.3 is 5.97 Å². The minimum absolute atomic E-state index is 0.147. The molecule has 0 fully saturated rings. The fraction of sp³-hybridized carbons (Fsp3) is 0.400. The summed E-state index contributed by atoms with van der Waals surface area (Å²) < 4.78 is 5.13. The Bertz CT molecular complexity index is 651. The normalized spacial score (nSPS) is 17.0. The van der Waals surface area contributed by atoms with Crippen molar-refractivity contribution < 1.29 is 9.53 Å². The Labute approximate surface area is 121 Å². The van der Waals surface area contributed by atoms with E-state index in [9.17, 15) is 4.79 Å². The summed E-state index contributed by atoms with van der Waals surface area (Å²) in [5.74, 6) is -0.335. The zero-order valence-corrected chi connectivity index (χ0v) is 12.4. The number of nitrogens with zero attached hydrogens (tertiary/aromatic N) is 2. The number of thiazole rings is 1. The molecule has 4 nitrogen and oxygen atoms in total. The Morgan fingerprint density at radius 3 is 3.15 bits per heavy atom. The molecule has 2 aromatic rings. The molecule has 2 aromatic heterocycles. The van der Waals surface area contributed by atoms with Crippen LogP contribution < -0.4 is 0 Å². The summed E-state index contributed by atoms with van der Waals surface area (Å²) in [6, 6.07) is 1.98.